The molecular formula is C62H63BN4. The highest BCUT2D eigenvalue weighted by atomic mass is 15.3. The summed E-state index contributed by atoms with van der Waals surface area (Å²) in [5.74, 6) is 0. The molecule has 334 valence electrons. The summed E-state index contributed by atoms with van der Waals surface area (Å²) in [5.41, 5.74) is 21.6. The number of anilines is 8. The molecule has 2 unspecified atom stereocenters. The highest BCUT2D eigenvalue weighted by Crippen LogP contribution is 2.63. The summed E-state index contributed by atoms with van der Waals surface area (Å²) < 4.78 is 0. The van der Waals surface area contributed by atoms with Crippen molar-refractivity contribution in [2.45, 2.75) is 123 Å². The summed E-state index contributed by atoms with van der Waals surface area (Å²) in [6.45, 7) is 25.8. The van der Waals surface area contributed by atoms with Gasteiger partial charge in [-0.15, -0.1) is 0 Å². The highest BCUT2D eigenvalue weighted by Gasteiger charge is 2.59. The minimum Gasteiger partial charge on any atom is -0.334 e. The number of para-hydroxylation sites is 1. The largest absolute Gasteiger partial charge is 0.334 e. The zero-order valence-corrected chi connectivity index (χ0v) is 41.3. The maximum atomic E-state index is 10.1. The Balaban J connectivity index is 1.21. The van der Waals surface area contributed by atoms with Gasteiger partial charge in [-0.2, -0.15) is 5.26 Å². The molecule has 1 saturated carbocycles. The van der Waals surface area contributed by atoms with Crippen LogP contribution in [0.25, 0.3) is 11.1 Å². The summed E-state index contributed by atoms with van der Waals surface area (Å²) in [5, 5.41) is 10.1. The molecule has 1 fully saturated rings. The molecule has 3 heterocycles. The van der Waals surface area contributed by atoms with E-state index in [-0.39, 0.29) is 33.9 Å². The first-order valence-electron chi connectivity index (χ1n) is 24.5. The molecule has 4 nitrogen and oxygen atoms in total. The Morgan fingerprint density at radius 3 is 1.81 bits per heavy atom. The Hall–Kier alpha value is -6.51. The Labute approximate surface area is 400 Å². The minimum absolute atomic E-state index is 0.00831. The van der Waals surface area contributed by atoms with Crippen LogP contribution in [0.2, 0.25) is 0 Å². The van der Waals surface area contributed by atoms with Crippen molar-refractivity contribution in [3.63, 3.8) is 0 Å². The van der Waals surface area contributed by atoms with Crippen LogP contribution in [-0.2, 0) is 21.7 Å². The molecule has 0 bridgehead atoms. The van der Waals surface area contributed by atoms with E-state index >= 15 is 0 Å². The van der Waals surface area contributed by atoms with Gasteiger partial charge in [-0.05, 0) is 153 Å². The van der Waals surface area contributed by atoms with Crippen molar-refractivity contribution < 1.29 is 0 Å². The molecule has 0 amide bonds. The number of nitrogens with zero attached hydrogens (tertiary/aromatic N) is 4. The molecule has 0 N–H and O–H groups in total. The molecule has 7 aromatic rings. The second-order valence-corrected chi connectivity index (χ2v) is 23.4. The molecule has 3 aliphatic heterocycles. The van der Waals surface area contributed by atoms with Crippen molar-refractivity contribution in [3.8, 4) is 17.2 Å². The van der Waals surface area contributed by atoms with Crippen LogP contribution >= 0.6 is 0 Å². The Kier molecular flexibility index (Phi) is 9.48. The van der Waals surface area contributed by atoms with E-state index in [0.29, 0.717) is 0 Å². The number of hydrogen-bond acceptors (Lipinski definition) is 4. The fourth-order valence-corrected chi connectivity index (χ4v) is 12.2. The SMILES string of the molecule is CC(C)(C)c1ccc(N2c3cc(N4c5ccc(C#N)cc5C5(C)CCCC45C)ccc3B3c4ccccc4N(c4ccc(C(C)(C)C)cc4-c4ccccc4)c4cc(C(C)(C)C)cc2c43)cc1. The average molecular weight is 875 g/mol. The molecule has 4 aliphatic rings. The van der Waals surface area contributed by atoms with E-state index in [9.17, 15) is 5.26 Å². The van der Waals surface area contributed by atoms with E-state index in [4.69, 9.17) is 0 Å². The Morgan fingerprint density at radius 2 is 1.12 bits per heavy atom. The minimum atomic E-state index is -0.146. The van der Waals surface area contributed by atoms with Gasteiger partial charge in [0.05, 0.1) is 22.9 Å². The summed E-state index contributed by atoms with van der Waals surface area (Å²) in [6.07, 6.45) is 3.35. The van der Waals surface area contributed by atoms with Gasteiger partial charge in [-0.25, -0.2) is 0 Å². The van der Waals surface area contributed by atoms with Crippen LogP contribution in [0.3, 0.4) is 0 Å². The van der Waals surface area contributed by atoms with Crippen LogP contribution in [-0.4, -0.2) is 12.3 Å². The van der Waals surface area contributed by atoms with Gasteiger partial charge in [0.2, 0.25) is 0 Å². The molecule has 0 aromatic heterocycles. The third kappa shape index (κ3) is 6.46. The van der Waals surface area contributed by atoms with E-state index < -0.39 is 0 Å². The summed E-state index contributed by atoms with van der Waals surface area (Å²) in [7, 11) is 0. The lowest BCUT2D eigenvalue weighted by Gasteiger charge is -2.46. The second kappa shape index (κ2) is 14.7. The van der Waals surface area contributed by atoms with Crippen LogP contribution in [0.1, 0.15) is 123 Å². The highest BCUT2D eigenvalue weighted by molar-refractivity contribution is 7.00. The number of hydrogen-bond donors (Lipinski definition) is 0. The lowest BCUT2D eigenvalue weighted by Crippen LogP contribution is -2.61. The van der Waals surface area contributed by atoms with Gasteiger partial charge < -0.3 is 14.7 Å². The number of fused-ring (bicyclic) bond motifs is 7. The van der Waals surface area contributed by atoms with Crippen LogP contribution in [0.4, 0.5) is 45.5 Å². The number of benzene rings is 7. The predicted molar refractivity (Wildman–Crippen MR) is 285 cm³/mol. The molecule has 0 spiro atoms. The van der Waals surface area contributed by atoms with Crippen LogP contribution < -0.4 is 31.1 Å². The maximum Gasteiger partial charge on any atom is 0.252 e. The molecule has 0 saturated heterocycles. The normalized spacial score (nSPS) is 19.4. The number of nitriles is 1. The molecule has 5 heteroatoms. The first-order chi connectivity index (χ1) is 31.8. The van der Waals surface area contributed by atoms with Crippen molar-refractivity contribution in [2.75, 3.05) is 14.7 Å². The Bertz CT molecular complexity index is 3180. The van der Waals surface area contributed by atoms with Gasteiger partial charge in [0.25, 0.3) is 6.71 Å². The first kappa shape index (κ1) is 43.1. The van der Waals surface area contributed by atoms with E-state index in [1.807, 2.05) is 6.07 Å². The molecule has 11 rings (SSSR count). The summed E-state index contributed by atoms with van der Waals surface area (Å²) in [6, 6.07) is 57.9. The summed E-state index contributed by atoms with van der Waals surface area (Å²) >= 11 is 0. The standard InChI is InChI=1S/C62H63BN4/c1-58(2,3)42-23-26-45(27-24-42)65-54-38-46(67-52-30-22-40(39-64)34-48(52)61(10)32-17-33-62(61,67)11)28-29-50(54)63-49-20-15-16-21-53(49)66(56-37-44(60(7,8)9)36-55(65)57(56)63)51-31-25-43(59(4,5)6)35-47(51)41-18-13-12-14-19-41/h12-16,18-31,34-38H,17,32-33H2,1-11H3. The van der Waals surface area contributed by atoms with Crippen LogP contribution in [0.5, 0.6) is 0 Å². The van der Waals surface area contributed by atoms with Gasteiger partial charge >= 0.3 is 0 Å². The lowest BCUT2D eigenvalue weighted by molar-refractivity contribution is 0.330. The molecule has 67 heavy (non-hydrogen) atoms. The Morgan fingerprint density at radius 1 is 0.507 bits per heavy atom. The van der Waals surface area contributed by atoms with Crippen LogP contribution in [0, 0.1) is 11.3 Å². The van der Waals surface area contributed by atoms with Crippen molar-refractivity contribution in [1.82, 2.24) is 0 Å². The third-order valence-electron chi connectivity index (χ3n) is 16.2. The fourth-order valence-electron chi connectivity index (χ4n) is 12.2. The van der Waals surface area contributed by atoms with Gasteiger partial charge in [0, 0.05) is 50.8 Å². The quantitative estimate of drug-likeness (QED) is 0.165. The summed E-state index contributed by atoms with van der Waals surface area (Å²) in [4.78, 5) is 7.83. The second-order valence-electron chi connectivity index (χ2n) is 23.4. The zero-order valence-electron chi connectivity index (χ0n) is 41.3. The zero-order chi connectivity index (χ0) is 47.0. The van der Waals surface area contributed by atoms with Crippen molar-refractivity contribution in [3.05, 3.63) is 173 Å². The van der Waals surface area contributed by atoms with Gasteiger partial charge in [0.1, 0.15) is 0 Å². The lowest BCUT2D eigenvalue weighted by atomic mass is 9.33. The molecule has 0 radical (unpaired) electrons. The van der Waals surface area contributed by atoms with E-state index in [0.717, 1.165) is 30.5 Å². The first-order valence-corrected chi connectivity index (χ1v) is 24.5. The van der Waals surface area contributed by atoms with Crippen LogP contribution in [0.15, 0.2) is 146 Å². The molecular weight excluding hydrogens is 812 g/mol. The van der Waals surface area contributed by atoms with Gasteiger partial charge in [0.15, 0.2) is 0 Å². The smallest absolute Gasteiger partial charge is 0.252 e. The molecule has 7 aromatic carbocycles. The topological polar surface area (TPSA) is 33.5 Å². The average Bonchev–Trinajstić information content (AvgIpc) is 3.71. The predicted octanol–water partition coefficient (Wildman–Crippen LogP) is 14.6. The monoisotopic (exact) mass is 875 g/mol. The van der Waals surface area contributed by atoms with Gasteiger partial charge in [-0.3, -0.25) is 0 Å². The van der Waals surface area contributed by atoms with E-state index in [1.165, 1.54) is 89.6 Å². The van der Waals surface area contributed by atoms with Crippen molar-refractivity contribution in [1.29, 1.82) is 5.26 Å². The van der Waals surface area contributed by atoms with Gasteiger partial charge in [-0.1, -0.05) is 148 Å². The third-order valence-corrected chi connectivity index (χ3v) is 16.2. The van der Waals surface area contributed by atoms with Crippen molar-refractivity contribution in [2.24, 2.45) is 0 Å². The molecule has 2 atom stereocenters. The molecule has 1 aliphatic carbocycles. The van der Waals surface area contributed by atoms with Crippen molar-refractivity contribution >= 4 is 68.6 Å². The fraction of sp³-hybridized carbons (Fsp3) is 0.306. The maximum absolute atomic E-state index is 10.1. The number of rotatable bonds is 4. The van der Waals surface area contributed by atoms with E-state index in [1.54, 1.807) is 0 Å². The van der Waals surface area contributed by atoms with E-state index in [2.05, 4.69) is 236 Å².